The second-order valence-corrected chi connectivity index (χ2v) is 6.74. The van der Waals surface area contributed by atoms with Crippen LogP contribution in [0.3, 0.4) is 0 Å². The predicted molar refractivity (Wildman–Crippen MR) is 72.9 cm³/mol. The fraction of sp³-hybridized carbons (Fsp3) is 0.300. The summed E-state index contributed by atoms with van der Waals surface area (Å²) in [4.78, 5) is 11.7. The number of halogens is 7. The molecule has 0 bridgehead atoms. The van der Waals surface area contributed by atoms with Crippen LogP contribution in [-0.4, -0.2) is 36.4 Å². The summed E-state index contributed by atoms with van der Waals surface area (Å²) in [5.74, 6) is -3.22. The molecule has 1 amide bonds. The SMILES string of the molecule is O=C(NC(C(F)(F)F)C(F)(F)S(=O)(=O)O)c1c(F)cccc1I. The molecule has 0 fully saturated rings. The van der Waals surface area contributed by atoms with Crippen LogP contribution in [-0.2, 0) is 10.1 Å². The Kier molecular flexibility index (Phi) is 5.58. The van der Waals surface area contributed by atoms with E-state index >= 15 is 0 Å². The number of nitrogens with one attached hydrogen (secondary N) is 1. The Labute approximate surface area is 138 Å². The minimum atomic E-state index is -6.50. The predicted octanol–water partition coefficient (Wildman–Crippen LogP) is 2.57. The van der Waals surface area contributed by atoms with Gasteiger partial charge >= 0.3 is 21.5 Å². The van der Waals surface area contributed by atoms with Gasteiger partial charge in [0.05, 0.1) is 5.56 Å². The van der Waals surface area contributed by atoms with Crippen molar-refractivity contribution in [3.8, 4) is 0 Å². The summed E-state index contributed by atoms with van der Waals surface area (Å²) in [7, 11) is -6.50. The van der Waals surface area contributed by atoms with Crippen molar-refractivity contribution in [2.24, 2.45) is 0 Å². The van der Waals surface area contributed by atoms with E-state index in [0.717, 1.165) is 12.1 Å². The Morgan fingerprint density at radius 3 is 2.13 bits per heavy atom. The average Bonchev–Trinajstić information content (AvgIpc) is 2.32. The third kappa shape index (κ3) is 4.26. The second-order valence-electron chi connectivity index (χ2n) is 4.08. The molecular weight excluding hydrogens is 471 g/mol. The molecule has 23 heavy (non-hydrogen) atoms. The molecule has 2 N–H and O–H groups in total. The minimum absolute atomic E-state index is 0.198. The van der Waals surface area contributed by atoms with Gasteiger partial charge in [0.25, 0.3) is 5.91 Å². The number of carbonyl (C=O) groups excluding carboxylic acids is 1. The summed E-state index contributed by atoms with van der Waals surface area (Å²) in [6, 6.07) is -1.35. The molecule has 1 aromatic carbocycles. The van der Waals surface area contributed by atoms with Crippen molar-refractivity contribution in [1.82, 2.24) is 5.32 Å². The topological polar surface area (TPSA) is 83.5 Å². The van der Waals surface area contributed by atoms with E-state index in [4.69, 9.17) is 4.55 Å². The standard InChI is InChI=1S/C10H6F6INO4S/c11-4-2-1-3-5(17)6(4)7(19)18-8(9(12,13)14)10(15,16)23(20,21)22/h1-3,8H,(H,18,19)(H,20,21,22). The monoisotopic (exact) mass is 477 g/mol. The van der Waals surface area contributed by atoms with Gasteiger partial charge in [-0.3, -0.25) is 9.35 Å². The molecule has 0 aromatic heterocycles. The molecule has 1 unspecified atom stereocenters. The zero-order valence-corrected chi connectivity index (χ0v) is 13.5. The number of hydrogen-bond acceptors (Lipinski definition) is 3. The molecule has 13 heteroatoms. The molecule has 0 saturated heterocycles. The number of hydrogen-bond donors (Lipinski definition) is 2. The fourth-order valence-corrected chi connectivity index (χ4v) is 2.62. The first-order valence-corrected chi connectivity index (χ1v) is 7.88. The molecule has 1 aromatic rings. The molecule has 0 heterocycles. The normalized spacial score (nSPS) is 14.4. The maximum Gasteiger partial charge on any atom is 0.415 e. The molecule has 1 atom stereocenters. The van der Waals surface area contributed by atoms with Crippen LogP contribution in [0.25, 0.3) is 0 Å². The molecule has 0 aliphatic heterocycles. The van der Waals surface area contributed by atoms with Gasteiger partial charge in [0.2, 0.25) is 6.04 Å². The van der Waals surface area contributed by atoms with Crippen molar-refractivity contribution in [3.63, 3.8) is 0 Å². The maximum atomic E-state index is 13.5. The van der Waals surface area contributed by atoms with E-state index < -0.39 is 44.9 Å². The Balaban J connectivity index is 3.31. The minimum Gasteiger partial charge on any atom is -0.334 e. The van der Waals surface area contributed by atoms with Crippen molar-refractivity contribution < 1.29 is 44.1 Å². The quantitative estimate of drug-likeness (QED) is 0.397. The van der Waals surface area contributed by atoms with Crippen LogP contribution in [0.2, 0.25) is 0 Å². The van der Waals surface area contributed by atoms with Crippen molar-refractivity contribution in [2.75, 3.05) is 0 Å². The summed E-state index contributed by atoms with van der Waals surface area (Å²) in [5, 5.41) is -5.06. The first kappa shape index (κ1) is 20.0. The van der Waals surface area contributed by atoms with E-state index in [-0.39, 0.29) is 3.57 Å². The van der Waals surface area contributed by atoms with Gasteiger partial charge in [-0.2, -0.15) is 30.4 Å². The van der Waals surface area contributed by atoms with E-state index in [1.165, 1.54) is 22.6 Å². The number of benzene rings is 1. The van der Waals surface area contributed by atoms with Crippen LogP contribution in [0.4, 0.5) is 26.3 Å². The largest absolute Gasteiger partial charge is 0.415 e. The van der Waals surface area contributed by atoms with Crippen molar-refractivity contribution in [3.05, 3.63) is 33.1 Å². The van der Waals surface area contributed by atoms with Gasteiger partial charge in [0, 0.05) is 3.57 Å². The lowest BCUT2D eigenvalue weighted by atomic mass is 10.2. The summed E-state index contributed by atoms with van der Waals surface area (Å²) in [5.41, 5.74) is -0.978. The van der Waals surface area contributed by atoms with Gasteiger partial charge in [-0.25, -0.2) is 4.39 Å². The van der Waals surface area contributed by atoms with E-state index in [0.29, 0.717) is 11.4 Å². The third-order valence-corrected chi connectivity index (χ3v) is 4.30. The molecule has 0 spiro atoms. The average molecular weight is 477 g/mol. The zero-order valence-electron chi connectivity index (χ0n) is 10.5. The lowest BCUT2D eigenvalue weighted by Gasteiger charge is -2.27. The lowest BCUT2D eigenvalue weighted by Crippen LogP contribution is -2.59. The number of carbonyl (C=O) groups is 1. The molecule has 130 valence electrons. The van der Waals surface area contributed by atoms with E-state index in [2.05, 4.69) is 0 Å². The highest BCUT2D eigenvalue weighted by Crippen LogP contribution is 2.36. The first-order chi connectivity index (χ1) is 10.2. The van der Waals surface area contributed by atoms with E-state index in [1.54, 1.807) is 0 Å². The number of rotatable bonds is 4. The molecule has 0 saturated carbocycles. The van der Waals surface area contributed by atoms with Crippen LogP contribution in [0.15, 0.2) is 18.2 Å². The van der Waals surface area contributed by atoms with Crippen molar-refractivity contribution in [2.45, 2.75) is 17.5 Å². The second kappa shape index (κ2) is 6.43. The molecule has 0 aliphatic carbocycles. The molecular formula is C10H6F6INO4S. The highest BCUT2D eigenvalue weighted by molar-refractivity contribution is 14.1. The van der Waals surface area contributed by atoms with Gasteiger partial charge in [-0.1, -0.05) is 6.07 Å². The van der Waals surface area contributed by atoms with Crippen LogP contribution >= 0.6 is 22.6 Å². The Morgan fingerprint density at radius 1 is 1.22 bits per heavy atom. The number of alkyl halides is 5. The number of amides is 1. The van der Waals surface area contributed by atoms with Gasteiger partial charge in [0.1, 0.15) is 5.82 Å². The van der Waals surface area contributed by atoms with Crippen molar-refractivity contribution in [1.29, 1.82) is 0 Å². The van der Waals surface area contributed by atoms with Crippen LogP contribution in [0, 0.1) is 9.39 Å². The highest BCUT2D eigenvalue weighted by Gasteiger charge is 2.64. The van der Waals surface area contributed by atoms with Gasteiger partial charge in [0.15, 0.2) is 0 Å². The Morgan fingerprint density at radius 2 is 1.74 bits per heavy atom. The van der Waals surface area contributed by atoms with Gasteiger partial charge in [-0.05, 0) is 34.7 Å². The maximum absolute atomic E-state index is 13.5. The molecule has 5 nitrogen and oxygen atoms in total. The third-order valence-electron chi connectivity index (χ3n) is 2.47. The Hall–Kier alpha value is -1.09. The fourth-order valence-electron chi connectivity index (χ4n) is 1.42. The van der Waals surface area contributed by atoms with Crippen LogP contribution in [0.5, 0.6) is 0 Å². The Bertz CT molecular complexity index is 700. The highest BCUT2D eigenvalue weighted by atomic mass is 127. The van der Waals surface area contributed by atoms with Gasteiger partial charge in [-0.15, -0.1) is 0 Å². The summed E-state index contributed by atoms with van der Waals surface area (Å²) >= 11 is 1.37. The summed E-state index contributed by atoms with van der Waals surface area (Å²) in [6.07, 6.45) is -5.94. The van der Waals surface area contributed by atoms with E-state index in [9.17, 15) is 39.6 Å². The molecule has 0 radical (unpaired) electrons. The van der Waals surface area contributed by atoms with E-state index in [1.807, 2.05) is 0 Å². The first-order valence-electron chi connectivity index (χ1n) is 5.36. The van der Waals surface area contributed by atoms with Crippen LogP contribution in [0.1, 0.15) is 10.4 Å². The van der Waals surface area contributed by atoms with Crippen molar-refractivity contribution >= 4 is 38.6 Å². The van der Waals surface area contributed by atoms with Gasteiger partial charge < -0.3 is 5.32 Å². The molecule has 1 rings (SSSR count). The zero-order chi connectivity index (χ0) is 18.2. The lowest BCUT2D eigenvalue weighted by molar-refractivity contribution is -0.191. The molecule has 0 aliphatic rings. The van der Waals surface area contributed by atoms with Crippen LogP contribution < -0.4 is 5.32 Å². The summed E-state index contributed by atoms with van der Waals surface area (Å²) < 4.78 is 107. The summed E-state index contributed by atoms with van der Waals surface area (Å²) in [6.45, 7) is 0. The smallest absolute Gasteiger partial charge is 0.334 e.